The van der Waals surface area contributed by atoms with Gasteiger partial charge in [-0.15, -0.1) is 11.3 Å². The van der Waals surface area contributed by atoms with Crippen LogP contribution in [0.15, 0.2) is 30.5 Å². The van der Waals surface area contributed by atoms with Gasteiger partial charge >= 0.3 is 0 Å². The summed E-state index contributed by atoms with van der Waals surface area (Å²) < 4.78 is 14.5. The molecule has 1 aromatic carbocycles. The number of rotatable bonds is 3. The summed E-state index contributed by atoms with van der Waals surface area (Å²) in [5, 5.41) is 0.897. The molecule has 0 amide bonds. The second kappa shape index (κ2) is 5.92. The summed E-state index contributed by atoms with van der Waals surface area (Å²) in [7, 11) is 0. The zero-order valence-electron chi connectivity index (χ0n) is 12.7. The lowest BCUT2D eigenvalue weighted by Crippen LogP contribution is -1.97. The third-order valence-corrected chi connectivity index (χ3v) is 4.71. The van der Waals surface area contributed by atoms with E-state index in [0.29, 0.717) is 17.0 Å². The third-order valence-electron chi connectivity index (χ3n) is 3.33. The first-order valence-corrected chi connectivity index (χ1v) is 7.93. The molecule has 2 heterocycles. The normalized spacial score (nSPS) is 11.1. The zero-order chi connectivity index (χ0) is 16.6. The second-order valence-electron chi connectivity index (χ2n) is 5.39. The number of benzene rings is 1. The second-order valence-corrected chi connectivity index (χ2v) is 6.42. The molecule has 0 aliphatic heterocycles. The first kappa shape index (κ1) is 15.4. The Hall–Kier alpha value is -2.54. The predicted octanol–water partition coefficient (Wildman–Crippen LogP) is 3.69. The molecular weight excluding hydrogens is 313 g/mol. The summed E-state index contributed by atoms with van der Waals surface area (Å²) in [6.07, 6.45) is 1.58. The van der Waals surface area contributed by atoms with Crippen LogP contribution in [-0.2, 0) is 0 Å². The lowest BCUT2D eigenvalue weighted by molar-refractivity contribution is 0.635. The first-order chi connectivity index (χ1) is 11.0. The maximum atomic E-state index is 14.5. The zero-order valence-corrected chi connectivity index (χ0v) is 13.6. The van der Waals surface area contributed by atoms with E-state index in [1.54, 1.807) is 24.4 Å². The van der Waals surface area contributed by atoms with Gasteiger partial charge in [0, 0.05) is 17.7 Å². The Balaban J connectivity index is 2.25. The molecule has 5 nitrogen and oxygen atoms in total. The van der Waals surface area contributed by atoms with E-state index in [0.717, 1.165) is 9.88 Å². The van der Waals surface area contributed by atoms with Gasteiger partial charge in [-0.2, -0.15) is 0 Å². The Labute approximate surface area is 137 Å². The minimum absolute atomic E-state index is 0.0924. The van der Waals surface area contributed by atoms with Crippen LogP contribution in [0.2, 0.25) is 0 Å². The van der Waals surface area contributed by atoms with Crippen molar-refractivity contribution in [1.29, 1.82) is 0 Å². The van der Waals surface area contributed by atoms with Crippen molar-refractivity contribution in [3.8, 4) is 21.8 Å². The van der Waals surface area contributed by atoms with Crippen LogP contribution in [0.5, 0.6) is 0 Å². The van der Waals surface area contributed by atoms with Gasteiger partial charge in [-0.3, -0.25) is 0 Å². The van der Waals surface area contributed by atoms with E-state index in [4.69, 9.17) is 11.5 Å². The average molecular weight is 329 g/mol. The summed E-state index contributed by atoms with van der Waals surface area (Å²) in [6.45, 7) is 4.08. The molecule has 0 fully saturated rings. The van der Waals surface area contributed by atoms with Gasteiger partial charge in [0.15, 0.2) is 5.82 Å². The summed E-state index contributed by atoms with van der Waals surface area (Å²) in [5.74, 6) is -0.0896. The number of nitrogens with two attached hydrogens (primary N) is 2. The predicted molar refractivity (Wildman–Crippen MR) is 91.4 cm³/mol. The summed E-state index contributed by atoms with van der Waals surface area (Å²) in [5.41, 5.74) is 13.0. The van der Waals surface area contributed by atoms with Crippen molar-refractivity contribution in [2.24, 2.45) is 0 Å². The number of anilines is 2. The lowest BCUT2D eigenvalue weighted by Gasteiger charge is -2.05. The van der Waals surface area contributed by atoms with Crippen LogP contribution < -0.4 is 11.5 Å². The minimum Gasteiger partial charge on any atom is -0.396 e. The van der Waals surface area contributed by atoms with Crippen LogP contribution >= 0.6 is 11.3 Å². The monoisotopic (exact) mass is 329 g/mol. The smallest absolute Gasteiger partial charge is 0.220 e. The van der Waals surface area contributed by atoms with Gasteiger partial charge in [0.2, 0.25) is 5.95 Å². The Bertz CT molecular complexity index is 859. The first-order valence-electron chi connectivity index (χ1n) is 7.11. The van der Waals surface area contributed by atoms with E-state index in [1.807, 2.05) is 13.8 Å². The van der Waals surface area contributed by atoms with Crippen molar-refractivity contribution in [2.75, 3.05) is 11.5 Å². The quantitative estimate of drug-likeness (QED) is 0.715. The molecule has 7 heteroatoms. The van der Waals surface area contributed by atoms with Crippen LogP contribution in [0.25, 0.3) is 21.8 Å². The van der Waals surface area contributed by atoms with Gasteiger partial charge in [0.05, 0.1) is 27.0 Å². The van der Waals surface area contributed by atoms with E-state index >= 15 is 0 Å². The van der Waals surface area contributed by atoms with Gasteiger partial charge < -0.3 is 11.5 Å². The van der Waals surface area contributed by atoms with E-state index in [1.165, 1.54) is 17.4 Å². The molecule has 23 heavy (non-hydrogen) atoms. The number of thiazole rings is 1. The maximum Gasteiger partial charge on any atom is 0.220 e. The van der Waals surface area contributed by atoms with E-state index < -0.39 is 5.82 Å². The number of nitrogens with zero attached hydrogens (tertiary/aromatic N) is 3. The van der Waals surface area contributed by atoms with E-state index in [9.17, 15) is 4.39 Å². The van der Waals surface area contributed by atoms with Crippen LogP contribution in [0.4, 0.5) is 16.0 Å². The molecule has 0 atom stereocenters. The Morgan fingerprint density at radius 2 is 1.91 bits per heavy atom. The third kappa shape index (κ3) is 2.87. The highest BCUT2D eigenvalue weighted by Crippen LogP contribution is 2.39. The molecule has 0 saturated heterocycles. The molecular formula is C16H16FN5S. The van der Waals surface area contributed by atoms with E-state index in [-0.39, 0.29) is 17.6 Å². The standard InChI is InChI=1S/C16H16FN5S/c1-8(2)15-22-13(9-4-3-5-10(18)12(9)17)14(23-15)11-6-7-20-16(19)21-11/h3-8H,18H2,1-2H3,(H2,19,20,21). The van der Waals surface area contributed by atoms with Gasteiger partial charge in [0.25, 0.3) is 0 Å². The summed E-state index contributed by atoms with van der Waals surface area (Å²) in [4.78, 5) is 13.5. The van der Waals surface area contributed by atoms with Crippen LogP contribution in [0, 0.1) is 5.82 Å². The fourth-order valence-electron chi connectivity index (χ4n) is 2.17. The van der Waals surface area contributed by atoms with Gasteiger partial charge in [-0.1, -0.05) is 19.9 Å². The molecule has 0 unspecified atom stereocenters. The Kier molecular flexibility index (Phi) is 3.96. The highest BCUT2D eigenvalue weighted by molar-refractivity contribution is 7.15. The number of halogens is 1. The van der Waals surface area contributed by atoms with Gasteiger partial charge in [-0.05, 0) is 18.2 Å². The SMILES string of the molecule is CC(C)c1nc(-c2cccc(N)c2F)c(-c2ccnc(N)n2)s1. The highest BCUT2D eigenvalue weighted by Gasteiger charge is 2.21. The van der Waals surface area contributed by atoms with Crippen molar-refractivity contribution >= 4 is 23.0 Å². The average Bonchev–Trinajstić information content (AvgIpc) is 2.95. The number of hydrogen-bond acceptors (Lipinski definition) is 6. The summed E-state index contributed by atoms with van der Waals surface area (Å²) in [6, 6.07) is 6.64. The fourth-order valence-corrected chi connectivity index (χ4v) is 3.23. The molecule has 2 aromatic heterocycles. The molecule has 0 aliphatic rings. The largest absolute Gasteiger partial charge is 0.396 e. The molecule has 0 radical (unpaired) electrons. The van der Waals surface area contributed by atoms with Crippen LogP contribution in [0.1, 0.15) is 24.8 Å². The van der Waals surface area contributed by atoms with Crippen molar-refractivity contribution in [3.63, 3.8) is 0 Å². The van der Waals surface area contributed by atoms with Crippen molar-refractivity contribution in [3.05, 3.63) is 41.3 Å². The highest BCUT2D eigenvalue weighted by atomic mass is 32.1. The van der Waals surface area contributed by atoms with Crippen LogP contribution in [0.3, 0.4) is 0 Å². The minimum atomic E-state index is -0.476. The topological polar surface area (TPSA) is 90.7 Å². The Morgan fingerprint density at radius 3 is 2.61 bits per heavy atom. The van der Waals surface area contributed by atoms with Crippen molar-refractivity contribution in [1.82, 2.24) is 15.0 Å². The number of hydrogen-bond donors (Lipinski definition) is 2. The molecule has 3 aromatic rings. The van der Waals surface area contributed by atoms with Crippen molar-refractivity contribution in [2.45, 2.75) is 19.8 Å². The number of nitrogen functional groups attached to an aromatic ring is 2. The molecule has 3 rings (SSSR count). The molecule has 0 spiro atoms. The van der Waals surface area contributed by atoms with Gasteiger partial charge in [0.1, 0.15) is 0 Å². The number of aromatic nitrogens is 3. The maximum absolute atomic E-state index is 14.5. The van der Waals surface area contributed by atoms with Gasteiger partial charge in [-0.25, -0.2) is 19.3 Å². The molecule has 0 saturated carbocycles. The van der Waals surface area contributed by atoms with E-state index in [2.05, 4.69) is 15.0 Å². The van der Waals surface area contributed by atoms with Crippen LogP contribution in [-0.4, -0.2) is 15.0 Å². The summed E-state index contributed by atoms with van der Waals surface area (Å²) >= 11 is 1.47. The fraction of sp³-hybridized carbons (Fsp3) is 0.188. The van der Waals surface area contributed by atoms with Crippen molar-refractivity contribution < 1.29 is 4.39 Å². The lowest BCUT2D eigenvalue weighted by atomic mass is 10.1. The molecule has 118 valence electrons. The molecule has 0 bridgehead atoms. The molecule has 0 aliphatic carbocycles. The molecule has 4 N–H and O–H groups in total. The Morgan fingerprint density at radius 1 is 1.13 bits per heavy atom.